The van der Waals surface area contributed by atoms with Gasteiger partial charge in [-0.05, 0) is 23.8 Å². The summed E-state index contributed by atoms with van der Waals surface area (Å²) in [6, 6.07) is 14.7. The van der Waals surface area contributed by atoms with E-state index in [4.69, 9.17) is 5.73 Å². The Labute approximate surface area is 105 Å². The van der Waals surface area contributed by atoms with Crippen LogP contribution in [0.3, 0.4) is 0 Å². The van der Waals surface area contributed by atoms with Crippen molar-refractivity contribution >= 4 is 11.8 Å². The van der Waals surface area contributed by atoms with Gasteiger partial charge in [-0.2, -0.15) is 0 Å². The molecule has 0 aliphatic carbocycles. The van der Waals surface area contributed by atoms with Crippen LogP contribution < -0.4 is 5.73 Å². The lowest BCUT2D eigenvalue weighted by Gasteiger charge is -2.05. The van der Waals surface area contributed by atoms with E-state index < -0.39 is 0 Å². The number of benzene rings is 2. The highest BCUT2D eigenvalue weighted by Gasteiger charge is 2.03. The van der Waals surface area contributed by atoms with Gasteiger partial charge in [0.25, 0.3) is 0 Å². The molecule has 88 valence electrons. The van der Waals surface area contributed by atoms with Gasteiger partial charge in [-0.15, -0.1) is 11.8 Å². The van der Waals surface area contributed by atoms with Crippen molar-refractivity contribution in [3.63, 3.8) is 0 Å². The molecule has 0 atom stereocenters. The van der Waals surface area contributed by atoms with Crippen LogP contribution >= 0.6 is 11.8 Å². The predicted octanol–water partition coefficient (Wildman–Crippen LogP) is 3.54. The van der Waals surface area contributed by atoms with Crippen molar-refractivity contribution < 1.29 is 4.39 Å². The summed E-state index contributed by atoms with van der Waals surface area (Å²) in [7, 11) is 0. The highest BCUT2D eigenvalue weighted by molar-refractivity contribution is 7.99. The van der Waals surface area contributed by atoms with Crippen molar-refractivity contribution in [2.45, 2.75) is 4.90 Å². The van der Waals surface area contributed by atoms with Crippen LogP contribution in [0.2, 0.25) is 0 Å². The Morgan fingerprint density at radius 3 is 2.35 bits per heavy atom. The number of halogens is 1. The Hall–Kier alpha value is -1.32. The minimum absolute atomic E-state index is 0.185. The summed E-state index contributed by atoms with van der Waals surface area (Å²) in [4.78, 5) is 1.16. The summed E-state index contributed by atoms with van der Waals surface area (Å²) in [5.74, 6) is 0.717. The van der Waals surface area contributed by atoms with Crippen LogP contribution in [0.25, 0.3) is 11.1 Å². The molecule has 2 aromatic carbocycles. The van der Waals surface area contributed by atoms with E-state index in [2.05, 4.69) is 0 Å². The van der Waals surface area contributed by atoms with Gasteiger partial charge in [0.2, 0.25) is 0 Å². The van der Waals surface area contributed by atoms with Gasteiger partial charge in [-0.3, -0.25) is 0 Å². The van der Waals surface area contributed by atoms with E-state index in [9.17, 15) is 4.39 Å². The first-order chi connectivity index (χ1) is 8.31. The van der Waals surface area contributed by atoms with Crippen molar-refractivity contribution in [2.75, 3.05) is 12.3 Å². The zero-order valence-corrected chi connectivity index (χ0v) is 10.2. The van der Waals surface area contributed by atoms with Crippen LogP contribution in [0, 0.1) is 5.82 Å². The van der Waals surface area contributed by atoms with Gasteiger partial charge in [0, 0.05) is 22.8 Å². The first kappa shape index (κ1) is 12.1. The number of hydrogen-bond acceptors (Lipinski definition) is 2. The molecule has 0 amide bonds. The van der Waals surface area contributed by atoms with Gasteiger partial charge in [-0.25, -0.2) is 4.39 Å². The zero-order valence-electron chi connectivity index (χ0n) is 9.40. The molecule has 2 aromatic rings. The molecule has 0 saturated heterocycles. The first-order valence-electron chi connectivity index (χ1n) is 5.49. The maximum atomic E-state index is 13.6. The number of nitrogens with two attached hydrogens (primary N) is 1. The highest BCUT2D eigenvalue weighted by atomic mass is 32.2. The third-order valence-electron chi connectivity index (χ3n) is 2.43. The smallest absolute Gasteiger partial charge is 0.131 e. The van der Waals surface area contributed by atoms with E-state index in [1.165, 1.54) is 6.07 Å². The Balaban J connectivity index is 2.21. The largest absolute Gasteiger partial charge is 0.330 e. The Bertz CT molecular complexity index is 482. The molecule has 0 heterocycles. The van der Waals surface area contributed by atoms with E-state index in [-0.39, 0.29) is 5.82 Å². The molecule has 0 bridgehead atoms. The summed E-state index contributed by atoms with van der Waals surface area (Å²) in [5.41, 5.74) is 6.99. The molecule has 3 heteroatoms. The monoisotopic (exact) mass is 247 g/mol. The van der Waals surface area contributed by atoms with Crippen molar-refractivity contribution in [2.24, 2.45) is 5.73 Å². The predicted molar refractivity (Wildman–Crippen MR) is 71.6 cm³/mol. The van der Waals surface area contributed by atoms with Crippen molar-refractivity contribution in [3.8, 4) is 11.1 Å². The van der Waals surface area contributed by atoms with Gasteiger partial charge in [-0.1, -0.05) is 30.3 Å². The van der Waals surface area contributed by atoms with Crippen LogP contribution in [0.5, 0.6) is 0 Å². The standard InChI is InChI=1S/C14H14FNS/c15-14-4-2-1-3-13(14)11-5-7-12(8-6-11)17-10-9-16/h1-8H,9-10,16H2. The van der Waals surface area contributed by atoms with Crippen LogP contribution in [0.4, 0.5) is 4.39 Å². The molecule has 0 radical (unpaired) electrons. The molecule has 0 aliphatic heterocycles. The van der Waals surface area contributed by atoms with Gasteiger partial charge < -0.3 is 5.73 Å². The van der Waals surface area contributed by atoms with Gasteiger partial charge in [0.1, 0.15) is 5.82 Å². The molecule has 1 nitrogen and oxygen atoms in total. The Kier molecular flexibility index (Phi) is 4.18. The molecule has 0 spiro atoms. The van der Waals surface area contributed by atoms with E-state index in [0.29, 0.717) is 12.1 Å². The Morgan fingerprint density at radius 2 is 1.71 bits per heavy atom. The number of rotatable bonds is 4. The van der Waals surface area contributed by atoms with E-state index in [0.717, 1.165) is 16.2 Å². The normalized spacial score (nSPS) is 10.5. The summed E-state index contributed by atoms with van der Waals surface area (Å²) in [6.45, 7) is 0.666. The second-order valence-electron chi connectivity index (χ2n) is 3.64. The number of hydrogen-bond donors (Lipinski definition) is 1. The minimum atomic E-state index is -0.185. The molecule has 0 saturated carbocycles. The van der Waals surface area contributed by atoms with Crippen LogP contribution in [-0.2, 0) is 0 Å². The minimum Gasteiger partial charge on any atom is -0.330 e. The van der Waals surface area contributed by atoms with Crippen molar-refractivity contribution in [3.05, 3.63) is 54.3 Å². The van der Waals surface area contributed by atoms with Crippen LogP contribution in [0.1, 0.15) is 0 Å². The average molecular weight is 247 g/mol. The molecule has 0 fully saturated rings. The maximum absolute atomic E-state index is 13.6. The quantitative estimate of drug-likeness (QED) is 0.836. The lowest BCUT2D eigenvalue weighted by atomic mass is 10.1. The van der Waals surface area contributed by atoms with Crippen molar-refractivity contribution in [1.29, 1.82) is 0 Å². The first-order valence-corrected chi connectivity index (χ1v) is 6.47. The van der Waals surface area contributed by atoms with Crippen LogP contribution in [-0.4, -0.2) is 12.3 Å². The maximum Gasteiger partial charge on any atom is 0.131 e. The number of thioether (sulfide) groups is 1. The topological polar surface area (TPSA) is 26.0 Å². The molecule has 2 rings (SSSR count). The average Bonchev–Trinajstić information content (AvgIpc) is 2.38. The Morgan fingerprint density at radius 1 is 1.00 bits per heavy atom. The second-order valence-corrected chi connectivity index (χ2v) is 4.81. The van der Waals surface area contributed by atoms with Gasteiger partial charge in [0.05, 0.1) is 0 Å². The summed E-state index contributed by atoms with van der Waals surface area (Å²) in [5, 5.41) is 0. The van der Waals surface area contributed by atoms with E-state index >= 15 is 0 Å². The molecule has 0 aliphatic rings. The van der Waals surface area contributed by atoms with E-state index in [1.54, 1.807) is 23.9 Å². The van der Waals surface area contributed by atoms with Gasteiger partial charge >= 0.3 is 0 Å². The third kappa shape index (κ3) is 3.08. The third-order valence-corrected chi connectivity index (χ3v) is 3.47. The fourth-order valence-corrected chi connectivity index (χ4v) is 2.28. The fraction of sp³-hybridized carbons (Fsp3) is 0.143. The lowest BCUT2D eigenvalue weighted by molar-refractivity contribution is 0.631. The SMILES string of the molecule is NCCSc1ccc(-c2ccccc2F)cc1. The second kappa shape index (κ2) is 5.84. The summed E-state index contributed by atoms with van der Waals surface area (Å²) >= 11 is 1.71. The zero-order chi connectivity index (χ0) is 12.1. The van der Waals surface area contributed by atoms with Crippen LogP contribution in [0.15, 0.2) is 53.4 Å². The van der Waals surface area contributed by atoms with E-state index in [1.807, 2.05) is 30.3 Å². The molecule has 0 unspecified atom stereocenters. The molecular formula is C14H14FNS. The molecule has 17 heavy (non-hydrogen) atoms. The van der Waals surface area contributed by atoms with Gasteiger partial charge in [0.15, 0.2) is 0 Å². The molecule has 2 N–H and O–H groups in total. The molecule has 0 aromatic heterocycles. The molecular weight excluding hydrogens is 233 g/mol. The fourth-order valence-electron chi connectivity index (χ4n) is 1.60. The lowest BCUT2D eigenvalue weighted by Crippen LogP contribution is -2.00. The summed E-state index contributed by atoms with van der Waals surface area (Å²) < 4.78 is 13.6. The van der Waals surface area contributed by atoms with Crippen molar-refractivity contribution in [1.82, 2.24) is 0 Å². The highest BCUT2D eigenvalue weighted by Crippen LogP contribution is 2.25. The summed E-state index contributed by atoms with van der Waals surface area (Å²) in [6.07, 6.45) is 0.